The van der Waals surface area contributed by atoms with Gasteiger partial charge in [0.25, 0.3) is 0 Å². The fourth-order valence-corrected chi connectivity index (χ4v) is 4.01. The fraction of sp³-hybridized carbons (Fsp3) is 0.318. The third-order valence-corrected chi connectivity index (χ3v) is 5.79. The summed E-state index contributed by atoms with van der Waals surface area (Å²) >= 11 is 1.21. The number of hydrogen-bond donors (Lipinski definition) is 3. The minimum Gasteiger partial charge on any atom is -0.481 e. The molecule has 2 aromatic rings. The van der Waals surface area contributed by atoms with Gasteiger partial charge < -0.3 is 20.5 Å². The van der Waals surface area contributed by atoms with Gasteiger partial charge in [-0.2, -0.15) is 0 Å². The van der Waals surface area contributed by atoms with Gasteiger partial charge in [-0.25, -0.2) is 4.79 Å². The molecule has 1 aliphatic rings. The molecule has 1 unspecified atom stereocenters. The molecule has 3 rings (SSSR count). The Hall–Kier alpha value is -3.00. The van der Waals surface area contributed by atoms with Crippen LogP contribution in [0.15, 0.2) is 48.5 Å². The molecule has 0 saturated heterocycles. The van der Waals surface area contributed by atoms with Crippen LogP contribution in [0.5, 0.6) is 0 Å². The number of carboxylic acids is 1. The maximum absolute atomic E-state index is 12.2. The van der Waals surface area contributed by atoms with Crippen molar-refractivity contribution in [3.8, 4) is 11.1 Å². The average molecular weight is 429 g/mol. The summed E-state index contributed by atoms with van der Waals surface area (Å²) in [7, 11) is 0. The van der Waals surface area contributed by atoms with E-state index in [1.54, 1.807) is 6.92 Å². The summed E-state index contributed by atoms with van der Waals surface area (Å²) < 4.78 is 5.43. The summed E-state index contributed by atoms with van der Waals surface area (Å²) in [5.41, 5.74) is 4.54. The highest BCUT2D eigenvalue weighted by Gasteiger charge is 2.29. The topological polar surface area (TPSA) is 105 Å². The Morgan fingerprint density at radius 1 is 1.07 bits per heavy atom. The molecule has 0 saturated carbocycles. The second-order valence-electron chi connectivity index (χ2n) is 6.93. The molecule has 0 spiro atoms. The number of amides is 2. The fourth-order valence-electron chi connectivity index (χ4n) is 3.44. The van der Waals surface area contributed by atoms with Gasteiger partial charge in [-0.3, -0.25) is 9.59 Å². The number of fused-ring (bicyclic) bond motifs is 3. The van der Waals surface area contributed by atoms with Crippen LogP contribution >= 0.6 is 11.8 Å². The van der Waals surface area contributed by atoms with Crippen molar-refractivity contribution in [1.29, 1.82) is 0 Å². The molecule has 0 fully saturated rings. The molecule has 0 aliphatic heterocycles. The molecule has 3 N–H and O–H groups in total. The van der Waals surface area contributed by atoms with Crippen LogP contribution in [0.1, 0.15) is 24.0 Å². The summed E-state index contributed by atoms with van der Waals surface area (Å²) in [5.74, 6) is -0.811. The van der Waals surface area contributed by atoms with Crippen molar-refractivity contribution in [2.24, 2.45) is 0 Å². The average Bonchev–Trinajstić information content (AvgIpc) is 3.05. The Kier molecular flexibility index (Phi) is 7.35. The van der Waals surface area contributed by atoms with E-state index >= 15 is 0 Å². The highest BCUT2D eigenvalue weighted by atomic mass is 32.2. The molecule has 2 amide bonds. The number of ether oxygens (including phenoxy) is 1. The second kappa shape index (κ2) is 10.2. The van der Waals surface area contributed by atoms with Gasteiger partial charge in [0.15, 0.2) is 0 Å². The van der Waals surface area contributed by atoms with Gasteiger partial charge in [0, 0.05) is 18.2 Å². The Bertz CT molecular complexity index is 888. The first kappa shape index (κ1) is 21.7. The lowest BCUT2D eigenvalue weighted by Gasteiger charge is -2.17. The van der Waals surface area contributed by atoms with Crippen LogP contribution in [-0.2, 0) is 14.3 Å². The molecule has 0 aromatic heterocycles. The number of carboxylic acid groups (broad SMARTS) is 1. The number of hydrogen-bond acceptors (Lipinski definition) is 5. The van der Waals surface area contributed by atoms with Crippen LogP contribution in [0.3, 0.4) is 0 Å². The predicted molar refractivity (Wildman–Crippen MR) is 116 cm³/mol. The maximum atomic E-state index is 12.2. The number of nitrogens with one attached hydrogen (secondary N) is 2. The molecule has 1 aliphatic carbocycles. The molecule has 7 nitrogen and oxygen atoms in total. The van der Waals surface area contributed by atoms with E-state index in [1.807, 2.05) is 36.4 Å². The van der Waals surface area contributed by atoms with E-state index < -0.39 is 18.1 Å². The minimum absolute atomic E-state index is 0.0105. The smallest absolute Gasteiger partial charge is 0.407 e. The van der Waals surface area contributed by atoms with Crippen molar-refractivity contribution in [3.05, 3.63) is 59.7 Å². The number of thioether (sulfide) groups is 1. The zero-order chi connectivity index (χ0) is 21.5. The third-order valence-electron chi connectivity index (χ3n) is 4.84. The molecule has 0 radical (unpaired) electrons. The Balaban J connectivity index is 1.48. The van der Waals surface area contributed by atoms with Crippen LogP contribution in [0.25, 0.3) is 11.1 Å². The van der Waals surface area contributed by atoms with Gasteiger partial charge in [0.2, 0.25) is 5.91 Å². The van der Waals surface area contributed by atoms with Crippen molar-refractivity contribution < 1.29 is 24.2 Å². The number of alkyl carbamates (subject to hydrolysis) is 1. The molecule has 158 valence electrons. The van der Waals surface area contributed by atoms with Gasteiger partial charge in [0.1, 0.15) is 12.6 Å². The van der Waals surface area contributed by atoms with Gasteiger partial charge in [-0.15, -0.1) is 11.8 Å². The normalized spacial score (nSPS) is 13.1. The van der Waals surface area contributed by atoms with Crippen LogP contribution in [0, 0.1) is 0 Å². The van der Waals surface area contributed by atoms with E-state index in [0.29, 0.717) is 12.3 Å². The number of benzene rings is 2. The van der Waals surface area contributed by atoms with Gasteiger partial charge in [-0.05, 0) is 29.2 Å². The quantitative estimate of drug-likeness (QED) is 0.531. The summed E-state index contributed by atoms with van der Waals surface area (Å²) in [6.07, 6.45) is -0.653. The van der Waals surface area contributed by atoms with Crippen molar-refractivity contribution in [1.82, 2.24) is 10.6 Å². The zero-order valence-corrected chi connectivity index (χ0v) is 17.4. The Morgan fingerprint density at radius 3 is 2.27 bits per heavy atom. The Morgan fingerprint density at radius 2 is 1.67 bits per heavy atom. The third kappa shape index (κ3) is 5.33. The highest BCUT2D eigenvalue weighted by Crippen LogP contribution is 2.44. The van der Waals surface area contributed by atoms with E-state index in [2.05, 4.69) is 22.8 Å². The van der Waals surface area contributed by atoms with Crippen LogP contribution in [0.4, 0.5) is 4.79 Å². The van der Waals surface area contributed by atoms with Crippen molar-refractivity contribution in [2.45, 2.75) is 18.9 Å². The highest BCUT2D eigenvalue weighted by molar-refractivity contribution is 7.99. The van der Waals surface area contributed by atoms with Gasteiger partial charge >= 0.3 is 12.1 Å². The molecule has 30 heavy (non-hydrogen) atoms. The maximum Gasteiger partial charge on any atom is 0.407 e. The molecule has 1 atom stereocenters. The Labute approximate surface area is 179 Å². The largest absolute Gasteiger partial charge is 0.481 e. The zero-order valence-electron chi connectivity index (χ0n) is 16.6. The monoisotopic (exact) mass is 428 g/mol. The lowest BCUT2D eigenvalue weighted by molar-refractivity contribution is -0.133. The SMILES string of the molecule is CC(NC(=O)OCC1c2ccccc2-c2ccccc21)C(=O)NCCSCC(=O)O. The van der Waals surface area contributed by atoms with E-state index in [-0.39, 0.29) is 24.2 Å². The van der Waals surface area contributed by atoms with Crippen molar-refractivity contribution in [3.63, 3.8) is 0 Å². The number of rotatable bonds is 9. The first-order chi connectivity index (χ1) is 14.5. The second-order valence-corrected chi connectivity index (χ2v) is 8.03. The van der Waals surface area contributed by atoms with E-state index in [1.165, 1.54) is 11.8 Å². The summed E-state index contributed by atoms with van der Waals surface area (Å²) in [6.45, 7) is 2.08. The number of carbonyl (C=O) groups is 3. The molecule has 0 bridgehead atoms. The van der Waals surface area contributed by atoms with E-state index in [0.717, 1.165) is 22.3 Å². The summed E-state index contributed by atoms with van der Waals surface area (Å²) in [5, 5.41) is 13.8. The molecular weight excluding hydrogens is 404 g/mol. The molecule has 0 heterocycles. The summed E-state index contributed by atoms with van der Waals surface area (Å²) in [6, 6.07) is 15.4. The first-order valence-electron chi connectivity index (χ1n) is 9.66. The van der Waals surface area contributed by atoms with Crippen molar-refractivity contribution in [2.75, 3.05) is 24.7 Å². The van der Waals surface area contributed by atoms with Gasteiger partial charge in [-0.1, -0.05) is 48.5 Å². The van der Waals surface area contributed by atoms with Crippen LogP contribution < -0.4 is 10.6 Å². The molecule has 8 heteroatoms. The number of carbonyl (C=O) groups excluding carboxylic acids is 2. The standard InChI is InChI=1S/C22H24N2O5S/c1-14(21(27)23-10-11-30-13-20(25)26)24-22(28)29-12-19-17-8-4-2-6-15(17)16-7-3-5-9-18(16)19/h2-9,14,19H,10-13H2,1H3,(H,23,27)(H,24,28)(H,25,26). The van der Waals surface area contributed by atoms with E-state index in [9.17, 15) is 14.4 Å². The lowest BCUT2D eigenvalue weighted by Crippen LogP contribution is -2.45. The van der Waals surface area contributed by atoms with Crippen LogP contribution in [-0.4, -0.2) is 53.8 Å². The molecule has 2 aromatic carbocycles. The molecular formula is C22H24N2O5S. The first-order valence-corrected chi connectivity index (χ1v) is 10.8. The van der Waals surface area contributed by atoms with E-state index in [4.69, 9.17) is 9.84 Å². The minimum atomic E-state index is -0.892. The van der Waals surface area contributed by atoms with Crippen LogP contribution in [0.2, 0.25) is 0 Å². The van der Waals surface area contributed by atoms with Gasteiger partial charge in [0.05, 0.1) is 5.75 Å². The number of aliphatic carboxylic acids is 1. The predicted octanol–water partition coefficient (Wildman–Crippen LogP) is 2.85. The van der Waals surface area contributed by atoms with Crippen molar-refractivity contribution >= 4 is 29.7 Å². The lowest BCUT2D eigenvalue weighted by atomic mass is 9.98. The summed E-state index contributed by atoms with van der Waals surface area (Å²) in [4.78, 5) is 34.7.